The molecule has 0 fully saturated rings. The van der Waals surface area contributed by atoms with Crippen molar-refractivity contribution in [1.29, 1.82) is 5.26 Å². The van der Waals surface area contributed by atoms with E-state index in [0.717, 1.165) is 6.20 Å². The first kappa shape index (κ1) is 18.6. The number of rotatable bonds is 5. The summed E-state index contributed by atoms with van der Waals surface area (Å²) in [6, 6.07) is 15.1. The number of ether oxygens (including phenoxy) is 1. The molecule has 0 aliphatic heterocycles. The van der Waals surface area contributed by atoms with Gasteiger partial charge in [0.1, 0.15) is 12.3 Å². The number of nitrogens with zero attached hydrogens (tertiary/aromatic N) is 3. The Hall–Kier alpha value is -4.19. The predicted molar refractivity (Wildman–Crippen MR) is 98.9 cm³/mol. The van der Waals surface area contributed by atoms with Gasteiger partial charge in [-0.15, -0.1) is 0 Å². The highest BCUT2D eigenvalue weighted by molar-refractivity contribution is 5.83. The molecule has 9 heteroatoms. The number of fused-ring (bicyclic) bond motifs is 1. The number of nitrogens with one attached hydrogen (secondary N) is 2. The Bertz CT molecular complexity index is 1120. The number of hydrazine groups is 1. The van der Waals surface area contributed by atoms with Crippen LogP contribution < -0.4 is 21.1 Å². The molecule has 2 amide bonds. The molecule has 0 aliphatic carbocycles. The minimum absolute atomic E-state index is 0.279. The van der Waals surface area contributed by atoms with Gasteiger partial charge in [0.25, 0.3) is 17.4 Å². The molecule has 1 aromatic heterocycles. The Morgan fingerprint density at radius 1 is 1.07 bits per heavy atom. The molecule has 0 aliphatic rings. The summed E-state index contributed by atoms with van der Waals surface area (Å²) in [5.41, 5.74) is 5.59. The van der Waals surface area contributed by atoms with Crippen LogP contribution in [-0.4, -0.2) is 28.0 Å². The first-order chi connectivity index (χ1) is 13.6. The van der Waals surface area contributed by atoms with Crippen LogP contribution >= 0.6 is 0 Å². The molecule has 28 heavy (non-hydrogen) atoms. The maximum absolute atomic E-state index is 12.1. The van der Waals surface area contributed by atoms with Crippen molar-refractivity contribution in [3.05, 3.63) is 70.6 Å². The van der Waals surface area contributed by atoms with Gasteiger partial charge in [0, 0.05) is 0 Å². The van der Waals surface area contributed by atoms with Crippen molar-refractivity contribution in [2.75, 3.05) is 6.61 Å². The van der Waals surface area contributed by atoms with Crippen molar-refractivity contribution >= 4 is 22.8 Å². The Morgan fingerprint density at radius 2 is 1.79 bits per heavy atom. The van der Waals surface area contributed by atoms with Crippen LogP contribution in [0, 0.1) is 11.3 Å². The normalized spacial score (nSPS) is 10.1. The number of carbonyl (C=O) groups excluding carboxylic acids is 2. The second kappa shape index (κ2) is 8.46. The van der Waals surface area contributed by atoms with E-state index < -0.39 is 17.4 Å². The third-order valence-electron chi connectivity index (χ3n) is 3.75. The zero-order valence-corrected chi connectivity index (χ0v) is 14.6. The molecule has 0 unspecified atom stereocenters. The van der Waals surface area contributed by atoms with E-state index in [2.05, 4.69) is 15.8 Å². The maximum Gasteiger partial charge on any atom is 0.276 e. The first-order valence-electron chi connectivity index (χ1n) is 8.22. The molecule has 0 saturated heterocycles. The van der Waals surface area contributed by atoms with Crippen molar-refractivity contribution in [2.24, 2.45) is 0 Å². The van der Waals surface area contributed by atoms with Crippen LogP contribution in [0.2, 0.25) is 0 Å². The highest BCUT2D eigenvalue weighted by Crippen LogP contribution is 2.11. The summed E-state index contributed by atoms with van der Waals surface area (Å²) >= 11 is 0. The fourth-order valence-electron chi connectivity index (χ4n) is 2.41. The standard InChI is InChI=1S/C19H15N5O4/c20-9-13-5-7-14(8-6-13)28-12-18(26)23-22-17(25)11-24-16-4-2-1-3-15(16)21-10-19(24)27/h1-8,10H,11-12H2,(H,22,25)(H,23,26). The summed E-state index contributed by atoms with van der Waals surface area (Å²) < 4.78 is 6.52. The number of aromatic nitrogens is 2. The number of nitriles is 1. The largest absolute Gasteiger partial charge is 0.484 e. The van der Waals surface area contributed by atoms with Gasteiger partial charge in [0.05, 0.1) is 28.9 Å². The molecule has 3 aromatic rings. The van der Waals surface area contributed by atoms with E-state index in [1.165, 1.54) is 4.57 Å². The van der Waals surface area contributed by atoms with Crippen molar-refractivity contribution in [3.63, 3.8) is 0 Å². The number of hydrogen-bond acceptors (Lipinski definition) is 6. The molecule has 0 bridgehead atoms. The fraction of sp³-hybridized carbons (Fsp3) is 0.105. The van der Waals surface area contributed by atoms with Crippen LogP contribution in [-0.2, 0) is 16.1 Å². The number of para-hydroxylation sites is 2. The molecular formula is C19H15N5O4. The summed E-state index contributed by atoms with van der Waals surface area (Å²) in [6.45, 7) is -0.608. The Labute approximate surface area is 159 Å². The average Bonchev–Trinajstić information content (AvgIpc) is 2.73. The van der Waals surface area contributed by atoms with Crippen LogP contribution in [0.25, 0.3) is 11.0 Å². The molecule has 0 spiro atoms. The smallest absolute Gasteiger partial charge is 0.276 e. The monoisotopic (exact) mass is 377 g/mol. The fourth-order valence-corrected chi connectivity index (χ4v) is 2.41. The Morgan fingerprint density at radius 3 is 2.54 bits per heavy atom. The van der Waals surface area contributed by atoms with E-state index in [0.29, 0.717) is 22.3 Å². The van der Waals surface area contributed by atoms with Gasteiger partial charge in [-0.05, 0) is 36.4 Å². The SMILES string of the molecule is N#Cc1ccc(OCC(=O)NNC(=O)Cn2c(=O)cnc3ccccc32)cc1. The van der Waals surface area contributed by atoms with Gasteiger partial charge in [-0.2, -0.15) is 5.26 Å². The van der Waals surface area contributed by atoms with E-state index in [9.17, 15) is 14.4 Å². The lowest BCUT2D eigenvalue weighted by Crippen LogP contribution is -2.46. The van der Waals surface area contributed by atoms with Gasteiger partial charge >= 0.3 is 0 Å². The molecule has 0 atom stereocenters. The van der Waals surface area contributed by atoms with Gasteiger partial charge in [-0.3, -0.25) is 29.8 Å². The Balaban J connectivity index is 1.53. The third-order valence-corrected chi connectivity index (χ3v) is 3.75. The lowest BCUT2D eigenvalue weighted by Gasteiger charge is -2.11. The number of amides is 2. The van der Waals surface area contributed by atoms with Crippen LogP contribution in [0.5, 0.6) is 5.75 Å². The molecule has 2 aromatic carbocycles. The molecule has 140 valence electrons. The molecule has 0 radical (unpaired) electrons. The van der Waals surface area contributed by atoms with Crippen molar-refractivity contribution in [1.82, 2.24) is 20.4 Å². The van der Waals surface area contributed by atoms with E-state index in [1.807, 2.05) is 6.07 Å². The molecule has 9 nitrogen and oxygen atoms in total. The molecule has 2 N–H and O–H groups in total. The zero-order chi connectivity index (χ0) is 19.9. The highest BCUT2D eigenvalue weighted by atomic mass is 16.5. The summed E-state index contributed by atoms with van der Waals surface area (Å²) in [5.74, 6) is -0.745. The molecular weight excluding hydrogens is 362 g/mol. The van der Waals surface area contributed by atoms with Gasteiger partial charge in [0.15, 0.2) is 6.61 Å². The lowest BCUT2D eigenvalue weighted by molar-refractivity contribution is -0.130. The number of carbonyl (C=O) groups is 2. The topological polar surface area (TPSA) is 126 Å². The second-order valence-electron chi connectivity index (χ2n) is 5.69. The van der Waals surface area contributed by atoms with E-state index in [1.54, 1.807) is 48.5 Å². The quantitative estimate of drug-likeness (QED) is 0.624. The van der Waals surface area contributed by atoms with Crippen LogP contribution in [0.1, 0.15) is 5.56 Å². The lowest BCUT2D eigenvalue weighted by atomic mass is 10.2. The van der Waals surface area contributed by atoms with Gasteiger partial charge in [-0.25, -0.2) is 4.98 Å². The third kappa shape index (κ3) is 4.50. The molecule has 3 rings (SSSR count). The van der Waals surface area contributed by atoms with Gasteiger partial charge < -0.3 is 4.74 Å². The van der Waals surface area contributed by atoms with Crippen LogP contribution in [0.3, 0.4) is 0 Å². The van der Waals surface area contributed by atoms with Crippen molar-refractivity contribution in [3.8, 4) is 11.8 Å². The Kier molecular flexibility index (Phi) is 5.62. The van der Waals surface area contributed by atoms with Gasteiger partial charge in [0.2, 0.25) is 0 Å². The highest BCUT2D eigenvalue weighted by Gasteiger charge is 2.10. The molecule has 0 saturated carbocycles. The number of benzene rings is 2. The van der Waals surface area contributed by atoms with Crippen LogP contribution in [0.15, 0.2) is 59.5 Å². The summed E-state index contributed by atoms with van der Waals surface area (Å²) in [4.78, 5) is 39.9. The molecule has 1 heterocycles. The van der Waals surface area contributed by atoms with E-state index >= 15 is 0 Å². The number of hydrogen-bond donors (Lipinski definition) is 2. The average molecular weight is 377 g/mol. The van der Waals surface area contributed by atoms with Gasteiger partial charge in [-0.1, -0.05) is 12.1 Å². The maximum atomic E-state index is 12.1. The summed E-state index contributed by atoms with van der Waals surface area (Å²) in [6.07, 6.45) is 1.14. The first-order valence-corrected chi connectivity index (χ1v) is 8.22. The predicted octanol–water partition coefficient (Wildman–Crippen LogP) is 0.495. The van der Waals surface area contributed by atoms with Crippen molar-refractivity contribution < 1.29 is 14.3 Å². The zero-order valence-electron chi connectivity index (χ0n) is 14.6. The summed E-state index contributed by atoms with van der Waals surface area (Å²) in [7, 11) is 0. The second-order valence-corrected chi connectivity index (χ2v) is 5.69. The van der Waals surface area contributed by atoms with E-state index in [4.69, 9.17) is 10.00 Å². The van der Waals surface area contributed by atoms with E-state index in [-0.39, 0.29) is 13.2 Å². The minimum Gasteiger partial charge on any atom is -0.484 e. The van der Waals surface area contributed by atoms with Crippen LogP contribution in [0.4, 0.5) is 0 Å². The van der Waals surface area contributed by atoms with Crippen molar-refractivity contribution in [2.45, 2.75) is 6.54 Å². The summed E-state index contributed by atoms with van der Waals surface area (Å²) in [5, 5.41) is 8.73. The minimum atomic E-state index is -0.579.